The predicted octanol–water partition coefficient (Wildman–Crippen LogP) is 8.90. The number of pyridine rings is 1. The highest BCUT2D eigenvalue weighted by Crippen LogP contribution is 2.17. The molecule has 3 heteroatoms. The smallest absolute Gasteiger partial charge is 0.119 e. The van der Waals surface area contributed by atoms with E-state index in [1.165, 1.54) is 22.5 Å². The number of ether oxygens (including phenoxy) is 2. The van der Waals surface area contributed by atoms with E-state index in [2.05, 4.69) is 79.9 Å². The number of hydrogen-bond donors (Lipinski definition) is 0. The molecule has 0 atom stereocenters. The minimum atomic E-state index is 0.771. The van der Waals surface area contributed by atoms with Crippen molar-refractivity contribution in [1.82, 2.24) is 4.98 Å². The average molecular weight is 512 g/mol. The van der Waals surface area contributed by atoms with Crippen LogP contribution in [0.25, 0.3) is 0 Å². The standard InChI is InChI=1S/C35H45NO2/c1-3-5-7-9-28-37-34-24-20-30(21-25-34)14-11-16-32-18-13-19-33(36-32)17-12-15-31-22-26-35(27-23-31)38-29-10-8-6-4-2/h3-4,13,18-27H,1-2,5-12,14-17,28-29H2. The van der Waals surface area contributed by atoms with Gasteiger partial charge in [-0.2, -0.15) is 0 Å². The summed E-state index contributed by atoms with van der Waals surface area (Å²) in [6, 6.07) is 23.6. The molecule has 0 saturated heterocycles. The number of nitrogens with zero attached hydrogens (tertiary/aromatic N) is 1. The highest BCUT2D eigenvalue weighted by molar-refractivity contribution is 5.28. The lowest BCUT2D eigenvalue weighted by Crippen LogP contribution is -1.99. The van der Waals surface area contributed by atoms with E-state index in [1.807, 2.05) is 12.2 Å². The van der Waals surface area contributed by atoms with E-state index in [1.54, 1.807) is 0 Å². The van der Waals surface area contributed by atoms with Crippen molar-refractivity contribution in [3.8, 4) is 11.5 Å². The van der Waals surface area contributed by atoms with E-state index < -0.39 is 0 Å². The highest BCUT2D eigenvalue weighted by atomic mass is 16.5. The van der Waals surface area contributed by atoms with Gasteiger partial charge in [-0.15, -0.1) is 13.2 Å². The van der Waals surface area contributed by atoms with Crippen molar-refractivity contribution in [3.05, 3.63) is 115 Å². The molecular weight excluding hydrogens is 466 g/mol. The maximum Gasteiger partial charge on any atom is 0.119 e. The van der Waals surface area contributed by atoms with E-state index in [0.717, 1.165) is 102 Å². The molecule has 1 heterocycles. The highest BCUT2D eigenvalue weighted by Gasteiger charge is 2.02. The van der Waals surface area contributed by atoms with Crippen LogP contribution in [-0.2, 0) is 25.7 Å². The van der Waals surface area contributed by atoms with Crippen LogP contribution in [-0.4, -0.2) is 18.2 Å². The fourth-order valence-corrected chi connectivity index (χ4v) is 4.42. The van der Waals surface area contributed by atoms with Crippen LogP contribution < -0.4 is 9.47 Å². The normalized spacial score (nSPS) is 10.7. The van der Waals surface area contributed by atoms with Gasteiger partial charge >= 0.3 is 0 Å². The summed E-state index contributed by atoms with van der Waals surface area (Å²) < 4.78 is 11.7. The first-order chi connectivity index (χ1) is 18.8. The van der Waals surface area contributed by atoms with Gasteiger partial charge < -0.3 is 9.47 Å². The number of allylic oxidation sites excluding steroid dienone is 2. The van der Waals surface area contributed by atoms with E-state index in [9.17, 15) is 0 Å². The lowest BCUT2D eigenvalue weighted by molar-refractivity contribution is 0.307. The minimum Gasteiger partial charge on any atom is -0.494 e. The molecule has 38 heavy (non-hydrogen) atoms. The SMILES string of the molecule is C=CCCCCOc1ccc(CCCc2cccc(CCCc3ccc(OCCCCC=C)cc3)n2)cc1. The van der Waals surface area contributed by atoms with Gasteiger partial charge in [0.1, 0.15) is 11.5 Å². The quantitative estimate of drug-likeness (QED) is 0.112. The second kappa shape index (κ2) is 18.0. The van der Waals surface area contributed by atoms with Gasteiger partial charge in [-0.1, -0.05) is 42.5 Å². The number of aromatic nitrogens is 1. The maximum atomic E-state index is 5.83. The summed E-state index contributed by atoms with van der Waals surface area (Å²) >= 11 is 0. The predicted molar refractivity (Wildman–Crippen MR) is 160 cm³/mol. The number of rotatable bonds is 20. The Morgan fingerprint density at radius 3 is 1.39 bits per heavy atom. The monoisotopic (exact) mass is 511 g/mol. The molecule has 0 amide bonds. The van der Waals surface area contributed by atoms with Crippen LogP contribution in [0.1, 0.15) is 73.9 Å². The molecule has 1 aromatic heterocycles. The van der Waals surface area contributed by atoms with Crippen LogP contribution in [0.4, 0.5) is 0 Å². The molecule has 0 aliphatic rings. The molecule has 0 spiro atoms. The van der Waals surface area contributed by atoms with Crippen molar-refractivity contribution in [3.63, 3.8) is 0 Å². The molecule has 3 rings (SSSR count). The summed E-state index contributed by atoms with van der Waals surface area (Å²) in [5.74, 6) is 1.92. The molecule has 0 fully saturated rings. The number of aryl methyl sites for hydroxylation is 4. The lowest BCUT2D eigenvalue weighted by atomic mass is 10.0. The van der Waals surface area contributed by atoms with Gasteiger partial charge in [0.05, 0.1) is 13.2 Å². The second-order valence-corrected chi connectivity index (χ2v) is 9.88. The zero-order valence-corrected chi connectivity index (χ0v) is 23.1. The van der Waals surface area contributed by atoms with Crippen molar-refractivity contribution in [2.24, 2.45) is 0 Å². The van der Waals surface area contributed by atoms with Crippen LogP contribution in [0, 0.1) is 0 Å². The lowest BCUT2D eigenvalue weighted by Gasteiger charge is -2.08. The maximum absolute atomic E-state index is 5.83. The summed E-state index contributed by atoms with van der Waals surface area (Å²) in [5.41, 5.74) is 5.08. The van der Waals surface area contributed by atoms with Crippen LogP contribution in [0.2, 0.25) is 0 Å². The Morgan fingerprint density at radius 2 is 0.974 bits per heavy atom. The molecule has 0 saturated carbocycles. The molecule has 202 valence electrons. The Morgan fingerprint density at radius 1 is 0.526 bits per heavy atom. The number of unbranched alkanes of at least 4 members (excludes halogenated alkanes) is 4. The van der Waals surface area contributed by atoms with E-state index in [-0.39, 0.29) is 0 Å². The topological polar surface area (TPSA) is 31.4 Å². The third kappa shape index (κ3) is 11.8. The Bertz CT molecular complexity index is 973. The molecular formula is C35H45NO2. The zero-order valence-electron chi connectivity index (χ0n) is 23.1. The van der Waals surface area contributed by atoms with Crippen molar-refractivity contribution < 1.29 is 9.47 Å². The minimum absolute atomic E-state index is 0.771. The van der Waals surface area contributed by atoms with Gasteiger partial charge in [0.2, 0.25) is 0 Å². The molecule has 0 unspecified atom stereocenters. The van der Waals surface area contributed by atoms with E-state index in [4.69, 9.17) is 14.5 Å². The van der Waals surface area contributed by atoms with Crippen molar-refractivity contribution >= 4 is 0 Å². The van der Waals surface area contributed by atoms with Gasteiger partial charge in [-0.3, -0.25) is 4.98 Å². The summed E-state index contributed by atoms with van der Waals surface area (Å²) in [6.07, 6.45) is 16.8. The molecule has 3 aromatic rings. The first-order valence-electron chi connectivity index (χ1n) is 14.4. The van der Waals surface area contributed by atoms with Crippen molar-refractivity contribution in [1.29, 1.82) is 0 Å². The van der Waals surface area contributed by atoms with Crippen LogP contribution in [0.3, 0.4) is 0 Å². The van der Waals surface area contributed by atoms with Gasteiger partial charge in [-0.25, -0.2) is 0 Å². The van der Waals surface area contributed by atoms with Gasteiger partial charge in [0.15, 0.2) is 0 Å². The van der Waals surface area contributed by atoms with E-state index >= 15 is 0 Å². The van der Waals surface area contributed by atoms with Crippen molar-refractivity contribution in [2.75, 3.05) is 13.2 Å². The molecule has 0 radical (unpaired) electrons. The third-order valence-electron chi connectivity index (χ3n) is 6.65. The Hall–Kier alpha value is -3.33. The first kappa shape index (κ1) is 29.2. The average Bonchev–Trinajstić information content (AvgIpc) is 2.95. The van der Waals surface area contributed by atoms with Crippen LogP contribution >= 0.6 is 0 Å². The van der Waals surface area contributed by atoms with Gasteiger partial charge in [0, 0.05) is 11.4 Å². The fraction of sp³-hybridized carbons (Fsp3) is 0.400. The molecule has 0 aliphatic heterocycles. The molecule has 3 nitrogen and oxygen atoms in total. The molecule has 0 N–H and O–H groups in total. The Balaban J connectivity index is 1.32. The Labute approximate surface area is 230 Å². The zero-order chi connectivity index (χ0) is 26.7. The summed E-state index contributed by atoms with van der Waals surface area (Å²) in [4.78, 5) is 4.92. The van der Waals surface area contributed by atoms with Gasteiger partial charge in [0.25, 0.3) is 0 Å². The Kier molecular flexibility index (Phi) is 13.9. The fourth-order valence-electron chi connectivity index (χ4n) is 4.42. The first-order valence-corrected chi connectivity index (χ1v) is 14.4. The van der Waals surface area contributed by atoms with E-state index in [0.29, 0.717) is 0 Å². The van der Waals surface area contributed by atoms with Gasteiger partial charge in [-0.05, 0) is 125 Å². The summed E-state index contributed by atoms with van der Waals surface area (Å²) in [7, 11) is 0. The molecule has 0 bridgehead atoms. The molecule has 2 aromatic carbocycles. The van der Waals surface area contributed by atoms with Crippen LogP contribution in [0.5, 0.6) is 11.5 Å². The second-order valence-electron chi connectivity index (χ2n) is 9.88. The molecule has 0 aliphatic carbocycles. The largest absolute Gasteiger partial charge is 0.494 e. The van der Waals surface area contributed by atoms with Crippen molar-refractivity contribution in [2.45, 2.75) is 77.0 Å². The van der Waals surface area contributed by atoms with Crippen LogP contribution in [0.15, 0.2) is 92.0 Å². The number of benzene rings is 2. The summed E-state index contributed by atoms with van der Waals surface area (Å²) in [6.45, 7) is 9.06. The number of hydrogen-bond acceptors (Lipinski definition) is 3. The third-order valence-corrected chi connectivity index (χ3v) is 6.65. The summed E-state index contributed by atoms with van der Waals surface area (Å²) in [5, 5.41) is 0.